The maximum atomic E-state index is 13.9. The zero-order valence-corrected chi connectivity index (χ0v) is 17.8. The Hall–Kier alpha value is -2.97. The van der Waals surface area contributed by atoms with E-state index >= 15 is 0 Å². The fourth-order valence-electron chi connectivity index (χ4n) is 2.95. The van der Waals surface area contributed by atoms with E-state index in [4.69, 9.17) is 4.74 Å². The predicted molar refractivity (Wildman–Crippen MR) is 117 cm³/mol. The summed E-state index contributed by atoms with van der Waals surface area (Å²) in [6.45, 7) is 0.592. The van der Waals surface area contributed by atoms with Crippen LogP contribution in [0.5, 0.6) is 5.75 Å². The Morgan fingerprint density at radius 2 is 1.97 bits per heavy atom. The molecule has 5 nitrogen and oxygen atoms in total. The van der Waals surface area contributed by atoms with Crippen LogP contribution in [0.1, 0.15) is 15.9 Å². The molecule has 2 aromatic carbocycles. The molecule has 0 fully saturated rings. The normalized spacial score (nSPS) is 10.9. The summed E-state index contributed by atoms with van der Waals surface area (Å²) in [4.78, 5) is 13.6. The number of thioether (sulfide) groups is 1. The summed E-state index contributed by atoms with van der Waals surface area (Å²) < 4.78 is 20.8. The van der Waals surface area contributed by atoms with Crippen LogP contribution >= 0.6 is 23.1 Å². The molecule has 0 radical (unpaired) electrons. The highest BCUT2D eigenvalue weighted by Gasteiger charge is 2.18. The van der Waals surface area contributed by atoms with Crippen LogP contribution in [0.2, 0.25) is 0 Å². The fraction of sp³-hybridized carbons (Fsp3) is 0.136. The van der Waals surface area contributed by atoms with Crippen molar-refractivity contribution in [2.75, 3.05) is 12.9 Å². The van der Waals surface area contributed by atoms with Gasteiger partial charge in [-0.25, -0.2) is 4.39 Å². The van der Waals surface area contributed by atoms with E-state index in [0.29, 0.717) is 17.3 Å². The number of halogens is 1. The lowest BCUT2D eigenvalue weighted by Crippen LogP contribution is -2.07. The molecule has 0 saturated carbocycles. The molecule has 2 heterocycles. The van der Waals surface area contributed by atoms with Crippen LogP contribution in [0, 0.1) is 5.82 Å². The SMILES string of the molecule is COc1ccc(C(=O)CSc2nnc(-c3cccs3)n2Cc2ccccc2)cc1F. The number of ketones is 1. The third kappa shape index (κ3) is 4.44. The molecule has 4 rings (SSSR count). The molecule has 4 aromatic rings. The highest BCUT2D eigenvalue weighted by atomic mass is 32.2. The summed E-state index contributed by atoms with van der Waals surface area (Å²) in [6.07, 6.45) is 0. The first-order valence-corrected chi connectivity index (χ1v) is 11.0. The number of Topliss-reactive ketones (excluding diaryl/α,β-unsaturated/α-hetero) is 1. The van der Waals surface area contributed by atoms with Crippen LogP contribution in [0.15, 0.2) is 71.2 Å². The molecule has 8 heteroatoms. The number of nitrogens with zero attached hydrogens (tertiary/aromatic N) is 3. The second-order valence-corrected chi connectivity index (χ2v) is 8.31. The molecular weight excluding hydrogens is 421 g/mol. The fourth-order valence-corrected chi connectivity index (χ4v) is 4.49. The Morgan fingerprint density at radius 3 is 2.67 bits per heavy atom. The highest BCUT2D eigenvalue weighted by molar-refractivity contribution is 7.99. The number of methoxy groups -OCH3 is 1. The Bertz CT molecular complexity index is 1140. The van der Waals surface area contributed by atoms with E-state index in [1.54, 1.807) is 17.4 Å². The lowest BCUT2D eigenvalue weighted by molar-refractivity contribution is 0.102. The van der Waals surface area contributed by atoms with Gasteiger partial charge in [-0.3, -0.25) is 9.36 Å². The lowest BCUT2D eigenvalue weighted by Gasteiger charge is -2.10. The van der Waals surface area contributed by atoms with Crippen molar-refractivity contribution in [3.05, 3.63) is 83.0 Å². The van der Waals surface area contributed by atoms with Gasteiger partial charge in [-0.05, 0) is 35.2 Å². The molecule has 0 atom stereocenters. The third-order valence-corrected chi connectivity index (χ3v) is 6.28. The zero-order valence-electron chi connectivity index (χ0n) is 16.1. The summed E-state index contributed by atoms with van der Waals surface area (Å²) >= 11 is 2.88. The Morgan fingerprint density at radius 1 is 1.13 bits per heavy atom. The smallest absolute Gasteiger partial charge is 0.192 e. The summed E-state index contributed by atoms with van der Waals surface area (Å²) in [5, 5.41) is 11.3. The summed E-state index contributed by atoms with van der Waals surface area (Å²) in [7, 11) is 1.39. The van der Waals surface area contributed by atoms with Gasteiger partial charge in [0.25, 0.3) is 0 Å². The number of rotatable bonds is 8. The molecule has 0 bridgehead atoms. The van der Waals surface area contributed by atoms with Gasteiger partial charge < -0.3 is 4.74 Å². The van der Waals surface area contributed by atoms with Crippen LogP contribution < -0.4 is 4.74 Å². The number of carbonyl (C=O) groups is 1. The summed E-state index contributed by atoms with van der Waals surface area (Å²) in [5.41, 5.74) is 1.41. The summed E-state index contributed by atoms with van der Waals surface area (Å²) in [5.74, 6) is 0.263. The molecule has 0 saturated heterocycles. The zero-order chi connectivity index (χ0) is 20.9. The van der Waals surface area contributed by atoms with E-state index < -0.39 is 5.82 Å². The number of carbonyl (C=O) groups excluding carboxylic acids is 1. The van der Waals surface area contributed by atoms with Crippen LogP contribution in [0.3, 0.4) is 0 Å². The molecule has 0 N–H and O–H groups in total. The second-order valence-electron chi connectivity index (χ2n) is 6.42. The van der Waals surface area contributed by atoms with Crippen LogP contribution in [0.4, 0.5) is 4.39 Å². The van der Waals surface area contributed by atoms with Gasteiger partial charge in [0.1, 0.15) is 0 Å². The van der Waals surface area contributed by atoms with Gasteiger partial charge in [-0.1, -0.05) is 48.2 Å². The Balaban J connectivity index is 1.56. The van der Waals surface area contributed by atoms with Crippen molar-refractivity contribution in [2.45, 2.75) is 11.7 Å². The van der Waals surface area contributed by atoms with E-state index in [1.807, 2.05) is 52.4 Å². The number of ether oxygens (including phenoxy) is 1. The summed E-state index contributed by atoms with van der Waals surface area (Å²) in [6, 6.07) is 18.2. The Kier molecular flexibility index (Phi) is 6.25. The highest BCUT2D eigenvalue weighted by Crippen LogP contribution is 2.29. The first kappa shape index (κ1) is 20.3. The van der Waals surface area contributed by atoms with Crippen molar-refractivity contribution < 1.29 is 13.9 Å². The maximum Gasteiger partial charge on any atom is 0.192 e. The number of aromatic nitrogens is 3. The van der Waals surface area contributed by atoms with Crippen LogP contribution in [-0.4, -0.2) is 33.4 Å². The van der Waals surface area contributed by atoms with Crippen molar-refractivity contribution >= 4 is 28.9 Å². The van der Waals surface area contributed by atoms with Crippen LogP contribution in [0.25, 0.3) is 10.7 Å². The molecule has 152 valence electrons. The van der Waals surface area contributed by atoms with Gasteiger partial charge in [0.2, 0.25) is 0 Å². The third-order valence-electron chi connectivity index (χ3n) is 4.45. The van der Waals surface area contributed by atoms with Crippen molar-refractivity contribution in [3.63, 3.8) is 0 Å². The number of benzene rings is 2. The quantitative estimate of drug-likeness (QED) is 0.280. The molecule has 0 aliphatic carbocycles. The minimum Gasteiger partial charge on any atom is -0.494 e. The van der Waals surface area contributed by atoms with Gasteiger partial charge in [0, 0.05) is 5.56 Å². The van der Waals surface area contributed by atoms with Gasteiger partial charge in [-0.15, -0.1) is 21.5 Å². The molecule has 0 unspecified atom stereocenters. The van der Waals surface area contributed by atoms with Gasteiger partial charge in [0.05, 0.1) is 24.3 Å². The minimum atomic E-state index is -0.555. The average Bonchev–Trinajstić information content (AvgIpc) is 3.43. The number of thiophene rings is 1. The molecule has 0 aliphatic rings. The largest absolute Gasteiger partial charge is 0.494 e. The number of hydrogen-bond acceptors (Lipinski definition) is 6. The van der Waals surface area contributed by atoms with E-state index in [1.165, 1.54) is 31.0 Å². The van der Waals surface area contributed by atoms with E-state index in [2.05, 4.69) is 10.2 Å². The second kappa shape index (κ2) is 9.23. The van der Waals surface area contributed by atoms with E-state index in [0.717, 1.165) is 16.3 Å². The first-order chi connectivity index (χ1) is 14.7. The molecule has 0 spiro atoms. The molecular formula is C22H18FN3O2S2. The Labute approximate surface area is 181 Å². The van der Waals surface area contributed by atoms with E-state index in [-0.39, 0.29) is 17.3 Å². The van der Waals surface area contributed by atoms with E-state index in [9.17, 15) is 9.18 Å². The van der Waals surface area contributed by atoms with Gasteiger partial charge in [-0.2, -0.15) is 0 Å². The molecule has 2 aromatic heterocycles. The molecule has 30 heavy (non-hydrogen) atoms. The standard InChI is InChI=1S/C22H18FN3O2S2/c1-28-19-10-9-16(12-17(19)23)18(27)14-30-22-25-24-21(20-8-5-11-29-20)26(22)13-15-6-3-2-4-7-15/h2-12H,13-14H2,1H3. The first-order valence-electron chi connectivity index (χ1n) is 9.16. The lowest BCUT2D eigenvalue weighted by atomic mass is 10.1. The van der Waals surface area contributed by atoms with Crippen molar-refractivity contribution in [1.29, 1.82) is 0 Å². The van der Waals surface area contributed by atoms with Crippen LogP contribution in [-0.2, 0) is 6.54 Å². The van der Waals surface area contributed by atoms with Crippen molar-refractivity contribution in [1.82, 2.24) is 14.8 Å². The van der Waals surface area contributed by atoms with Crippen molar-refractivity contribution in [2.24, 2.45) is 0 Å². The van der Waals surface area contributed by atoms with Gasteiger partial charge in [0.15, 0.2) is 28.3 Å². The average molecular weight is 440 g/mol. The predicted octanol–water partition coefficient (Wildman–Crippen LogP) is 5.18. The maximum absolute atomic E-state index is 13.9. The molecule has 0 amide bonds. The number of hydrogen-bond donors (Lipinski definition) is 0. The molecule has 0 aliphatic heterocycles. The minimum absolute atomic E-state index is 0.113. The van der Waals surface area contributed by atoms with Gasteiger partial charge >= 0.3 is 0 Å². The topological polar surface area (TPSA) is 57.0 Å². The monoisotopic (exact) mass is 439 g/mol. The van der Waals surface area contributed by atoms with Crippen molar-refractivity contribution in [3.8, 4) is 16.5 Å².